The molecule has 0 N–H and O–H groups in total. The number of piperazine rings is 1. The molecule has 2 atom stereocenters. The lowest BCUT2D eigenvalue weighted by atomic mass is 9.97. The van der Waals surface area contributed by atoms with E-state index in [1.165, 1.54) is 25.8 Å². The molecule has 0 spiro atoms. The van der Waals surface area contributed by atoms with Crippen LogP contribution in [0.15, 0.2) is 0 Å². The minimum atomic E-state index is 0.285. The molecule has 92 valence electrons. The predicted molar refractivity (Wildman–Crippen MR) is 68.9 cm³/mol. The Morgan fingerprint density at radius 3 is 2.94 bits per heavy atom. The second kappa shape index (κ2) is 5.41. The largest absolute Gasteiger partial charge is 0.337 e. The highest BCUT2D eigenvalue weighted by Crippen LogP contribution is 2.24. The minimum Gasteiger partial charge on any atom is -0.337 e. The van der Waals surface area contributed by atoms with E-state index < -0.39 is 0 Å². The summed E-state index contributed by atoms with van der Waals surface area (Å²) in [7, 11) is 0. The number of nitrogens with zero attached hydrogens (tertiary/aromatic N) is 2. The number of piperidine rings is 1. The molecule has 0 bridgehead atoms. The van der Waals surface area contributed by atoms with E-state index in [0.717, 1.165) is 13.1 Å². The van der Waals surface area contributed by atoms with Crippen LogP contribution in [0.4, 0.5) is 0 Å². The van der Waals surface area contributed by atoms with Gasteiger partial charge in [-0.15, -0.1) is 0 Å². The standard InChI is InChI=1S/C12H22N2OS/c1-10-8-13-6-3-2-4-11(13)9-14(10)12(15)5-7-16/h10-11,16H,2-9H2,1H3. The molecule has 2 saturated heterocycles. The van der Waals surface area contributed by atoms with Gasteiger partial charge in [0.25, 0.3) is 0 Å². The average Bonchev–Trinajstić information content (AvgIpc) is 2.28. The lowest BCUT2D eigenvalue weighted by Crippen LogP contribution is -2.60. The molecule has 4 heteroatoms. The first-order valence-corrected chi connectivity index (χ1v) is 7.00. The average molecular weight is 242 g/mol. The maximum absolute atomic E-state index is 11.9. The summed E-state index contributed by atoms with van der Waals surface area (Å²) in [6.07, 6.45) is 4.50. The van der Waals surface area contributed by atoms with Crippen molar-refractivity contribution in [3.8, 4) is 0 Å². The van der Waals surface area contributed by atoms with Crippen LogP contribution in [-0.2, 0) is 4.79 Å². The summed E-state index contributed by atoms with van der Waals surface area (Å²) >= 11 is 4.14. The van der Waals surface area contributed by atoms with Gasteiger partial charge in [0.05, 0.1) is 0 Å². The SMILES string of the molecule is CC1CN2CCCCC2CN1C(=O)CCS. The monoisotopic (exact) mass is 242 g/mol. The van der Waals surface area contributed by atoms with E-state index in [-0.39, 0.29) is 5.91 Å². The Hall–Kier alpha value is -0.220. The maximum atomic E-state index is 11.9. The number of carbonyl (C=O) groups is 1. The molecule has 0 saturated carbocycles. The first kappa shape index (κ1) is 12.2. The van der Waals surface area contributed by atoms with E-state index in [1.807, 2.05) is 0 Å². The molecule has 2 fully saturated rings. The zero-order chi connectivity index (χ0) is 11.5. The molecule has 3 nitrogen and oxygen atoms in total. The van der Waals surface area contributed by atoms with Crippen LogP contribution in [-0.4, -0.2) is 53.2 Å². The number of hydrogen-bond donors (Lipinski definition) is 1. The van der Waals surface area contributed by atoms with E-state index in [2.05, 4.69) is 29.4 Å². The number of fused-ring (bicyclic) bond motifs is 1. The number of carbonyl (C=O) groups excluding carboxylic acids is 1. The molecule has 2 aliphatic heterocycles. The van der Waals surface area contributed by atoms with Crippen LogP contribution in [0.3, 0.4) is 0 Å². The van der Waals surface area contributed by atoms with Gasteiger partial charge in [-0.3, -0.25) is 9.69 Å². The number of hydrogen-bond acceptors (Lipinski definition) is 3. The maximum Gasteiger partial charge on any atom is 0.223 e. The Kier molecular flexibility index (Phi) is 4.14. The first-order chi connectivity index (χ1) is 7.72. The third kappa shape index (κ3) is 2.54. The molecular weight excluding hydrogens is 220 g/mol. The lowest BCUT2D eigenvalue weighted by molar-refractivity contribution is -0.137. The van der Waals surface area contributed by atoms with Crippen molar-refractivity contribution >= 4 is 18.5 Å². The molecule has 2 unspecified atom stereocenters. The Bertz CT molecular complexity index is 259. The first-order valence-electron chi connectivity index (χ1n) is 6.36. The fraction of sp³-hybridized carbons (Fsp3) is 0.917. The van der Waals surface area contributed by atoms with Gasteiger partial charge in [0, 0.05) is 31.6 Å². The highest BCUT2D eigenvalue weighted by molar-refractivity contribution is 7.80. The fourth-order valence-corrected chi connectivity index (χ4v) is 3.13. The molecule has 2 rings (SSSR count). The van der Waals surface area contributed by atoms with Gasteiger partial charge in [-0.25, -0.2) is 0 Å². The Morgan fingerprint density at radius 2 is 2.19 bits per heavy atom. The summed E-state index contributed by atoms with van der Waals surface area (Å²) in [4.78, 5) is 16.6. The molecule has 0 aromatic heterocycles. The molecule has 0 aromatic rings. The van der Waals surface area contributed by atoms with Gasteiger partial charge in [0.2, 0.25) is 5.91 Å². The zero-order valence-electron chi connectivity index (χ0n) is 10.1. The van der Waals surface area contributed by atoms with Gasteiger partial charge in [-0.05, 0) is 32.1 Å². The highest BCUT2D eigenvalue weighted by atomic mass is 32.1. The summed E-state index contributed by atoms with van der Waals surface area (Å²) in [6, 6.07) is 0.996. The highest BCUT2D eigenvalue weighted by Gasteiger charge is 2.34. The van der Waals surface area contributed by atoms with Crippen LogP contribution in [0.2, 0.25) is 0 Å². The van der Waals surface area contributed by atoms with Crippen molar-refractivity contribution in [3.05, 3.63) is 0 Å². The summed E-state index contributed by atoms with van der Waals surface area (Å²) in [6.45, 7) is 5.39. The minimum absolute atomic E-state index is 0.285. The smallest absolute Gasteiger partial charge is 0.223 e. The molecular formula is C12H22N2OS. The number of thiol groups is 1. The predicted octanol–water partition coefficient (Wildman–Crippen LogP) is 1.39. The summed E-state index contributed by atoms with van der Waals surface area (Å²) < 4.78 is 0. The Labute approximate surface area is 104 Å². The quantitative estimate of drug-likeness (QED) is 0.740. The van der Waals surface area contributed by atoms with E-state index in [0.29, 0.717) is 24.3 Å². The van der Waals surface area contributed by atoms with Gasteiger partial charge in [-0.2, -0.15) is 12.6 Å². The van der Waals surface area contributed by atoms with Gasteiger partial charge >= 0.3 is 0 Å². The number of rotatable bonds is 2. The molecule has 2 heterocycles. The van der Waals surface area contributed by atoms with Crippen molar-refractivity contribution in [2.24, 2.45) is 0 Å². The van der Waals surface area contributed by atoms with Crippen molar-refractivity contribution in [3.63, 3.8) is 0 Å². The third-order valence-corrected chi connectivity index (χ3v) is 4.06. The topological polar surface area (TPSA) is 23.6 Å². The third-order valence-electron chi connectivity index (χ3n) is 3.83. The fourth-order valence-electron chi connectivity index (χ4n) is 2.94. The molecule has 0 aromatic carbocycles. The molecule has 0 aliphatic carbocycles. The van der Waals surface area contributed by atoms with E-state index >= 15 is 0 Å². The van der Waals surface area contributed by atoms with Crippen LogP contribution >= 0.6 is 12.6 Å². The van der Waals surface area contributed by atoms with Crippen molar-refractivity contribution in [2.75, 3.05) is 25.4 Å². The summed E-state index contributed by atoms with van der Waals surface area (Å²) in [5, 5.41) is 0. The van der Waals surface area contributed by atoms with Crippen LogP contribution in [0.5, 0.6) is 0 Å². The van der Waals surface area contributed by atoms with Crippen molar-refractivity contribution in [1.29, 1.82) is 0 Å². The van der Waals surface area contributed by atoms with Crippen LogP contribution < -0.4 is 0 Å². The van der Waals surface area contributed by atoms with E-state index in [4.69, 9.17) is 0 Å². The normalized spacial score (nSPS) is 31.2. The molecule has 1 amide bonds. The zero-order valence-corrected chi connectivity index (χ0v) is 11.0. The Morgan fingerprint density at radius 1 is 1.38 bits per heavy atom. The van der Waals surface area contributed by atoms with Gasteiger partial charge in [-0.1, -0.05) is 6.42 Å². The number of amides is 1. The lowest BCUT2D eigenvalue weighted by Gasteiger charge is -2.47. The van der Waals surface area contributed by atoms with E-state index in [9.17, 15) is 4.79 Å². The van der Waals surface area contributed by atoms with Crippen molar-refractivity contribution in [1.82, 2.24) is 9.80 Å². The Balaban J connectivity index is 1.97. The second-order valence-electron chi connectivity index (χ2n) is 5.01. The molecule has 16 heavy (non-hydrogen) atoms. The van der Waals surface area contributed by atoms with Gasteiger partial charge in [0.15, 0.2) is 0 Å². The van der Waals surface area contributed by atoms with Crippen LogP contribution in [0.1, 0.15) is 32.6 Å². The summed E-state index contributed by atoms with van der Waals surface area (Å²) in [5.41, 5.74) is 0. The molecule has 2 aliphatic rings. The van der Waals surface area contributed by atoms with Crippen LogP contribution in [0, 0.1) is 0 Å². The van der Waals surface area contributed by atoms with Gasteiger partial charge in [0.1, 0.15) is 0 Å². The molecule has 0 radical (unpaired) electrons. The second-order valence-corrected chi connectivity index (χ2v) is 5.46. The van der Waals surface area contributed by atoms with Gasteiger partial charge < -0.3 is 4.90 Å². The summed E-state index contributed by atoms with van der Waals surface area (Å²) in [5.74, 6) is 0.948. The van der Waals surface area contributed by atoms with Crippen LogP contribution in [0.25, 0.3) is 0 Å². The van der Waals surface area contributed by atoms with Crippen molar-refractivity contribution in [2.45, 2.75) is 44.7 Å². The van der Waals surface area contributed by atoms with E-state index in [1.54, 1.807) is 0 Å². The van der Waals surface area contributed by atoms with Crippen molar-refractivity contribution < 1.29 is 4.79 Å².